The summed E-state index contributed by atoms with van der Waals surface area (Å²) in [5.74, 6) is 0.153. The van der Waals surface area contributed by atoms with Gasteiger partial charge in [-0.15, -0.1) is 0 Å². The molecule has 0 aromatic carbocycles. The first-order chi connectivity index (χ1) is 16.3. The zero-order valence-electron chi connectivity index (χ0n) is 20.0. The number of rotatable bonds is 7. The highest BCUT2D eigenvalue weighted by molar-refractivity contribution is 8.26. The van der Waals surface area contributed by atoms with Crippen molar-refractivity contribution >= 4 is 52.1 Å². The van der Waals surface area contributed by atoms with E-state index in [4.69, 9.17) is 17.0 Å². The summed E-state index contributed by atoms with van der Waals surface area (Å²) in [6, 6.07) is 2.05. The van der Waals surface area contributed by atoms with Crippen molar-refractivity contribution in [2.75, 3.05) is 31.1 Å². The van der Waals surface area contributed by atoms with Gasteiger partial charge in [0.1, 0.15) is 21.8 Å². The van der Waals surface area contributed by atoms with Crippen molar-refractivity contribution in [2.45, 2.75) is 53.5 Å². The van der Waals surface area contributed by atoms with Gasteiger partial charge in [-0.25, -0.2) is 0 Å². The van der Waals surface area contributed by atoms with Crippen LogP contribution in [-0.2, 0) is 20.9 Å². The predicted octanol–water partition coefficient (Wildman–Crippen LogP) is 3.44. The fourth-order valence-corrected chi connectivity index (χ4v) is 5.70. The number of amides is 1. The van der Waals surface area contributed by atoms with Crippen LogP contribution in [0.2, 0.25) is 0 Å². The van der Waals surface area contributed by atoms with E-state index in [1.54, 1.807) is 29.4 Å². The van der Waals surface area contributed by atoms with E-state index in [1.807, 2.05) is 19.9 Å². The van der Waals surface area contributed by atoms with E-state index in [0.717, 1.165) is 6.42 Å². The molecule has 2 saturated heterocycles. The summed E-state index contributed by atoms with van der Waals surface area (Å²) in [6.45, 7) is 9.78. The van der Waals surface area contributed by atoms with Gasteiger partial charge in [-0.05, 0) is 51.7 Å². The molecule has 10 heteroatoms. The Hall–Kier alpha value is -2.64. The molecule has 1 aromatic heterocycles. The van der Waals surface area contributed by atoms with Gasteiger partial charge in [0, 0.05) is 31.7 Å². The van der Waals surface area contributed by atoms with Crippen molar-refractivity contribution < 1.29 is 14.3 Å². The predicted molar refractivity (Wildman–Crippen MR) is 138 cm³/mol. The fourth-order valence-electron chi connectivity index (χ4n) is 4.41. The zero-order chi connectivity index (χ0) is 25.0. The Bertz CT molecular complexity index is 1130. The van der Waals surface area contributed by atoms with Crippen molar-refractivity contribution in [1.82, 2.24) is 9.47 Å². The molecule has 0 unspecified atom stereocenters. The molecule has 1 amide bonds. The molecule has 8 nitrogen and oxygen atoms in total. The molecule has 0 atom stereocenters. The van der Waals surface area contributed by atoms with Crippen LogP contribution < -0.4 is 10.5 Å². The Kier molecular flexibility index (Phi) is 8.55. The summed E-state index contributed by atoms with van der Waals surface area (Å²) in [7, 11) is 0. The van der Waals surface area contributed by atoms with Crippen molar-refractivity contribution in [3.8, 4) is 6.07 Å². The van der Waals surface area contributed by atoms with Gasteiger partial charge in [0.2, 0.25) is 0 Å². The summed E-state index contributed by atoms with van der Waals surface area (Å²) in [5, 5.41) is 9.71. The standard InChI is InChI=1S/C24H30N4O4S2/c1-5-10-28-22(30)19(34-24(28)33)13-17-15(4)18(14-25)21(29)27(6-2)20(17)26-11-8-16(9-12-26)23(31)32-7-3/h13,16H,5-12H2,1-4H3/b19-13-. The monoisotopic (exact) mass is 502 g/mol. The highest BCUT2D eigenvalue weighted by Crippen LogP contribution is 2.36. The molecule has 34 heavy (non-hydrogen) atoms. The number of thioether (sulfide) groups is 1. The molecule has 182 valence electrons. The van der Waals surface area contributed by atoms with Crippen LogP contribution in [0.4, 0.5) is 5.82 Å². The first-order valence-electron chi connectivity index (χ1n) is 11.6. The van der Waals surface area contributed by atoms with Gasteiger partial charge in [0.05, 0.1) is 17.4 Å². The van der Waals surface area contributed by atoms with Crippen molar-refractivity contribution in [3.63, 3.8) is 0 Å². The highest BCUT2D eigenvalue weighted by atomic mass is 32.2. The van der Waals surface area contributed by atoms with E-state index < -0.39 is 0 Å². The third-order valence-electron chi connectivity index (χ3n) is 6.17. The third kappa shape index (κ3) is 4.91. The fraction of sp³-hybridized carbons (Fsp3) is 0.542. The lowest BCUT2D eigenvalue weighted by molar-refractivity contribution is -0.148. The van der Waals surface area contributed by atoms with Gasteiger partial charge in [0.15, 0.2) is 0 Å². The van der Waals surface area contributed by atoms with E-state index in [0.29, 0.717) is 71.8 Å². The minimum absolute atomic E-state index is 0.0716. The smallest absolute Gasteiger partial charge is 0.309 e. The SMILES string of the molecule is CCCN1C(=O)/C(=C/c2c(C)c(C#N)c(=O)n(CC)c2N2CCC(C(=O)OCC)CC2)SC1=S. The minimum atomic E-state index is -0.347. The number of carbonyl (C=O) groups is 2. The molecule has 0 bridgehead atoms. The molecule has 2 aliphatic rings. The number of thiocarbonyl (C=S) groups is 1. The van der Waals surface area contributed by atoms with Crippen LogP contribution in [0.5, 0.6) is 0 Å². The lowest BCUT2D eigenvalue weighted by Crippen LogP contribution is -2.41. The number of nitrogens with zero attached hydrogens (tertiary/aromatic N) is 4. The third-order valence-corrected chi connectivity index (χ3v) is 7.55. The number of carbonyl (C=O) groups excluding carboxylic acids is 2. The Morgan fingerprint density at radius 1 is 1.26 bits per heavy atom. The molecular weight excluding hydrogens is 472 g/mol. The summed E-state index contributed by atoms with van der Waals surface area (Å²) in [6.07, 6.45) is 3.77. The van der Waals surface area contributed by atoms with Crippen LogP contribution in [0.3, 0.4) is 0 Å². The lowest BCUT2D eigenvalue weighted by atomic mass is 9.95. The van der Waals surface area contributed by atoms with Gasteiger partial charge < -0.3 is 9.64 Å². The molecule has 0 N–H and O–H groups in total. The average Bonchev–Trinajstić information content (AvgIpc) is 3.09. The van der Waals surface area contributed by atoms with Crippen LogP contribution in [-0.4, -0.2) is 51.9 Å². The maximum Gasteiger partial charge on any atom is 0.309 e. The van der Waals surface area contributed by atoms with Crippen LogP contribution in [0.1, 0.15) is 56.7 Å². The van der Waals surface area contributed by atoms with E-state index in [2.05, 4.69) is 4.90 Å². The molecular formula is C24H30N4O4S2. The lowest BCUT2D eigenvalue weighted by Gasteiger charge is -2.35. The Balaban J connectivity index is 2.09. The van der Waals surface area contributed by atoms with E-state index in [1.165, 1.54) is 11.8 Å². The molecule has 3 rings (SSSR count). The minimum Gasteiger partial charge on any atom is -0.466 e. The molecule has 0 saturated carbocycles. The van der Waals surface area contributed by atoms with Crippen LogP contribution >= 0.6 is 24.0 Å². The van der Waals surface area contributed by atoms with Gasteiger partial charge >= 0.3 is 5.97 Å². The van der Waals surface area contributed by atoms with E-state index in [-0.39, 0.29) is 28.9 Å². The van der Waals surface area contributed by atoms with Gasteiger partial charge in [-0.2, -0.15) is 5.26 Å². The van der Waals surface area contributed by atoms with Crippen LogP contribution in [0.25, 0.3) is 6.08 Å². The zero-order valence-corrected chi connectivity index (χ0v) is 21.7. The largest absolute Gasteiger partial charge is 0.466 e. The van der Waals surface area contributed by atoms with E-state index >= 15 is 0 Å². The molecule has 3 heterocycles. The number of hydrogen-bond donors (Lipinski definition) is 0. The molecule has 2 aliphatic heterocycles. The van der Waals surface area contributed by atoms with Gasteiger partial charge in [-0.3, -0.25) is 23.9 Å². The van der Waals surface area contributed by atoms with E-state index in [9.17, 15) is 19.6 Å². The number of anilines is 1. The molecule has 0 radical (unpaired) electrons. The number of nitriles is 1. The second-order valence-corrected chi connectivity index (χ2v) is 9.92. The van der Waals surface area contributed by atoms with Crippen molar-refractivity contribution in [3.05, 3.63) is 31.9 Å². The number of esters is 1. The Morgan fingerprint density at radius 3 is 2.50 bits per heavy atom. The summed E-state index contributed by atoms with van der Waals surface area (Å²) in [5.41, 5.74) is 0.938. The summed E-state index contributed by atoms with van der Waals surface area (Å²) < 4.78 is 7.29. The number of piperidine rings is 1. The summed E-state index contributed by atoms with van der Waals surface area (Å²) in [4.78, 5) is 42.5. The topological polar surface area (TPSA) is 95.6 Å². The quantitative estimate of drug-likeness (QED) is 0.318. The highest BCUT2D eigenvalue weighted by Gasteiger charge is 2.34. The Labute approximate surface area is 209 Å². The number of hydrogen-bond acceptors (Lipinski definition) is 8. The average molecular weight is 503 g/mol. The molecule has 0 spiro atoms. The first-order valence-corrected chi connectivity index (χ1v) is 12.9. The number of ether oxygens (including phenoxy) is 1. The van der Waals surface area contributed by atoms with Gasteiger partial charge in [-0.1, -0.05) is 30.9 Å². The van der Waals surface area contributed by atoms with Gasteiger partial charge in [0.25, 0.3) is 11.5 Å². The molecule has 1 aromatic rings. The number of aromatic nitrogens is 1. The van der Waals surface area contributed by atoms with Crippen molar-refractivity contribution in [2.24, 2.45) is 5.92 Å². The molecule has 0 aliphatic carbocycles. The second-order valence-electron chi connectivity index (χ2n) is 8.25. The van der Waals surface area contributed by atoms with Crippen LogP contribution in [0.15, 0.2) is 9.70 Å². The maximum absolute atomic E-state index is 13.1. The first kappa shape index (κ1) is 26.0. The normalized spacial score (nSPS) is 18.0. The maximum atomic E-state index is 13.1. The summed E-state index contributed by atoms with van der Waals surface area (Å²) >= 11 is 6.65. The Morgan fingerprint density at radius 2 is 1.94 bits per heavy atom. The second kappa shape index (κ2) is 11.2. The van der Waals surface area contributed by atoms with Crippen LogP contribution in [0, 0.1) is 24.2 Å². The molecule has 2 fully saturated rings. The number of pyridine rings is 1. The van der Waals surface area contributed by atoms with Crippen molar-refractivity contribution in [1.29, 1.82) is 5.26 Å².